The molecule has 2 aromatic carbocycles. The van der Waals surface area contributed by atoms with Crippen molar-refractivity contribution in [3.05, 3.63) is 72.8 Å². The molecule has 1 saturated heterocycles. The van der Waals surface area contributed by atoms with Gasteiger partial charge in [0.15, 0.2) is 0 Å². The first-order valence-electron chi connectivity index (χ1n) is 10.2. The fourth-order valence-corrected chi connectivity index (χ4v) is 9.50. The van der Waals surface area contributed by atoms with Crippen LogP contribution in [-0.4, -0.2) is 38.8 Å². The van der Waals surface area contributed by atoms with E-state index in [0.29, 0.717) is 6.61 Å². The minimum atomic E-state index is -2.55. The Kier molecular flexibility index (Phi) is 5.32. The average Bonchev–Trinajstić information content (AvgIpc) is 3.30. The summed E-state index contributed by atoms with van der Waals surface area (Å²) in [5.41, 5.74) is 0. The van der Waals surface area contributed by atoms with Gasteiger partial charge >= 0.3 is 0 Å². The number of benzene rings is 2. The average molecular weight is 395 g/mol. The standard InChI is InChI=1S/C24H30O3Si/c1-24(2,3)28(18-10-6-4-7-11-18,19-12-8-5-9-13-19)26-17-21-20(16-25)22-14-15-23(21)27-22/h4-15,20-23,25H,16-17H2,1-3H3/t20-,21+,22+,23-/m0/s1. The molecule has 4 rings (SSSR count). The fourth-order valence-electron chi connectivity index (χ4n) is 4.91. The lowest BCUT2D eigenvalue weighted by Crippen LogP contribution is -2.67. The van der Waals surface area contributed by atoms with E-state index in [-0.39, 0.29) is 35.7 Å². The van der Waals surface area contributed by atoms with Crippen LogP contribution in [0.25, 0.3) is 0 Å². The van der Waals surface area contributed by atoms with Crippen LogP contribution in [0.4, 0.5) is 0 Å². The van der Waals surface area contributed by atoms with Crippen LogP contribution >= 0.6 is 0 Å². The molecule has 1 fully saturated rings. The Morgan fingerprint density at radius 1 is 0.857 bits per heavy atom. The molecule has 0 amide bonds. The van der Waals surface area contributed by atoms with Gasteiger partial charge in [-0.15, -0.1) is 0 Å². The van der Waals surface area contributed by atoms with Crippen LogP contribution in [0, 0.1) is 11.8 Å². The van der Waals surface area contributed by atoms with Gasteiger partial charge in [0, 0.05) is 25.0 Å². The summed E-state index contributed by atoms with van der Waals surface area (Å²) in [7, 11) is -2.55. The van der Waals surface area contributed by atoms with Gasteiger partial charge < -0.3 is 14.3 Å². The molecular weight excluding hydrogens is 364 g/mol. The number of ether oxygens (including phenoxy) is 1. The third-order valence-corrected chi connectivity index (χ3v) is 11.3. The van der Waals surface area contributed by atoms with E-state index in [1.54, 1.807) is 0 Å². The molecule has 2 bridgehead atoms. The van der Waals surface area contributed by atoms with Crippen LogP contribution in [0.1, 0.15) is 20.8 Å². The van der Waals surface area contributed by atoms with Crippen molar-refractivity contribution in [3.63, 3.8) is 0 Å². The Morgan fingerprint density at radius 2 is 1.36 bits per heavy atom. The van der Waals surface area contributed by atoms with Crippen LogP contribution in [0.3, 0.4) is 0 Å². The number of aliphatic hydroxyl groups excluding tert-OH is 1. The molecule has 0 aromatic heterocycles. The van der Waals surface area contributed by atoms with Crippen LogP contribution < -0.4 is 10.4 Å². The largest absolute Gasteiger partial charge is 0.407 e. The summed E-state index contributed by atoms with van der Waals surface area (Å²) in [5, 5.41) is 12.5. The molecule has 2 aliphatic heterocycles. The third-order valence-electron chi connectivity index (χ3n) is 6.32. The molecule has 3 nitrogen and oxygen atoms in total. The predicted molar refractivity (Wildman–Crippen MR) is 115 cm³/mol. The second kappa shape index (κ2) is 7.60. The molecule has 1 N–H and O–H groups in total. The van der Waals surface area contributed by atoms with Gasteiger partial charge in [0.05, 0.1) is 12.2 Å². The molecule has 0 aliphatic carbocycles. The highest BCUT2D eigenvalue weighted by molar-refractivity contribution is 6.99. The first-order valence-corrected chi connectivity index (χ1v) is 12.1. The minimum Gasteiger partial charge on any atom is -0.407 e. The van der Waals surface area contributed by atoms with E-state index in [0.717, 1.165) is 0 Å². The summed E-state index contributed by atoms with van der Waals surface area (Å²) in [6.45, 7) is 7.62. The van der Waals surface area contributed by atoms with E-state index in [4.69, 9.17) is 9.16 Å². The Labute approximate surface area is 169 Å². The quantitative estimate of drug-likeness (QED) is 0.604. The third kappa shape index (κ3) is 3.18. The maximum atomic E-state index is 9.92. The highest BCUT2D eigenvalue weighted by Crippen LogP contribution is 2.42. The summed E-state index contributed by atoms with van der Waals surface area (Å²) >= 11 is 0. The fraction of sp³-hybridized carbons (Fsp3) is 0.417. The van der Waals surface area contributed by atoms with Gasteiger partial charge in [-0.1, -0.05) is 93.6 Å². The topological polar surface area (TPSA) is 38.7 Å². The maximum Gasteiger partial charge on any atom is 0.261 e. The lowest BCUT2D eigenvalue weighted by Gasteiger charge is -2.44. The smallest absolute Gasteiger partial charge is 0.261 e. The summed E-state index contributed by atoms with van der Waals surface area (Å²) in [4.78, 5) is 0. The molecule has 2 heterocycles. The molecular formula is C24H30O3Si. The number of fused-ring (bicyclic) bond motifs is 2. The molecule has 28 heavy (non-hydrogen) atoms. The van der Waals surface area contributed by atoms with Gasteiger partial charge in [0.2, 0.25) is 0 Å². The summed E-state index contributed by atoms with van der Waals surface area (Å²) in [6.07, 6.45) is 4.31. The molecule has 2 aliphatic rings. The van der Waals surface area contributed by atoms with E-state index in [9.17, 15) is 5.11 Å². The van der Waals surface area contributed by atoms with E-state index in [1.165, 1.54) is 10.4 Å². The van der Waals surface area contributed by atoms with Crippen LogP contribution in [0.5, 0.6) is 0 Å². The SMILES string of the molecule is CC(C)(C)[Si](OC[C@@H]1[C@H](CO)[C@H]2C=C[C@@H]1O2)(c1ccccc1)c1ccccc1. The van der Waals surface area contributed by atoms with E-state index >= 15 is 0 Å². The van der Waals surface area contributed by atoms with E-state index < -0.39 is 8.32 Å². The van der Waals surface area contributed by atoms with Crippen molar-refractivity contribution < 1.29 is 14.3 Å². The van der Waals surface area contributed by atoms with Crippen molar-refractivity contribution in [2.45, 2.75) is 38.0 Å². The first-order chi connectivity index (χ1) is 13.5. The number of hydrogen-bond acceptors (Lipinski definition) is 3. The Morgan fingerprint density at radius 3 is 1.82 bits per heavy atom. The lowest BCUT2D eigenvalue weighted by atomic mass is 9.84. The van der Waals surface area contributed by atoms with E-state index in [1.807, 2.05) is 0 Å². The van der Waals surface area contributed by atoms with Crippen LogP contribution in [0.15, 0.2) is 72.8 Å². The van der Waals surface area contributed by atoms with E-state index in [2.05, 4.69) is 93.6 Å². The zero-order chi connectivity index (χ0) is 19.8. The van der Waals surface area contributed by atoms with Crippen molar-refractivity contribution in [2.75, 3.05) is 13.2 Å². The van der Waals surface area contributed by atoms with Gasteiger partial charge in [-0.3, -0.25) is 0 Å². The molecule has 4 heteroatoms. The summed E-state index contributed by atoms with van der Waals surface area (Å²) < 4.78 is 13.1. The van der Waals surface area contributed by atoms with Crippen molar-refractivity contribution in [3.8, 4) is 0 Å². The summed E-state index contributed by atoms with van der Waals surface area (Å²) in [6, 6.07) is 21.4. The second-order valence-corrected chi connectivity index (χ2v) is 13.2. The van der Waals surface area contributed by atoms with Crippen molar-refractivity contribution in [1.82, 2.24) is 0 Å². The zero-order valence-electron chi connectivity index (χ0n) is 16.9. The second-order valence-electron chi connectivity index (χ2n) is 8.93. The molecule has 0 saturated carbocycles. The number of aliphatic hydroxyl groups is 1. The molecule has 0 radical (unpaired) electrons. The number of rotatable bonds is 6. The molecule has 2 aromatic rings. The minimum absolute atomic E-state index is 0.0303. The maximum absolute atomic E-state index is 9.92. The Balaban J connectivity index is 1.74. The van der Waals surface area contributed by atoms with Gasteiger partial charge in [-0.2, -0.15) is 0 Å². The normalized spacial score (nSPS) is 26.7. The molecule has 0 unspecified atom stereocenters. The molecule has 4 atom stereocenters. The van der Waals surface area contributed by atoms with Crippen molar-refractivity contribution in [1.29, 1.82) is 0 Å². The lowest BCUT2D eigenvalue weighted by molar-refractivity contribution is 0.0916. The Bertz CT molecular complexity index is 773. The van der Waals surface area contributed by atoms with Crippen LogP contribution in [-0.2, 0) is 9.16 Å². The predicted octanol–water partition coefficient (Wildman–Crippen LogP) is 3.12. The van der Waals surface area contributed by atoms with Gasteiger partial charge in [-0.25, -0.2) is 0 Å². The van der Waals surface area contributed by atoms with Gasteiger partial charge in [0.25, 0.3) is 8.32 Å². The molecule has 0 spiro atoms. The molecule has 148 valence electrons. The highest BCUT2D eigenvalue weighted by Gasteiger charge is 2.52. The number of hydrogen-bond donors (Lipinski definition) is 1. The van der Waals surface area contributed by atoms with Crippen molar-refractivity contribution in [2.24, 2.45) is 11.8 Å². The zero-order valence-corrected chi connectivity index (χ0v) is 17.9. The van der Waals surface area contributed by atoms with Crippen molar-refractivity contribution >= 4 is 18.7 Å². The monoisotopic (exact) mass is 394 g/mol. The summed E-state index contributed by atoms with van der Waals surface area (Å²) in [5.74, 6) is 0.315. The first kappa shape index (κ1) is 19.6. The van der Waals surface area contributed by atoms with Gasteiger partial charge in [-0.05, 0) is 15.4 Å². The van der Waals surface area contributed by atoms with Gasteiger partial charge in [0.1, 0.15) is 0 Å². The van der Waals surface area contributed by atoms with Crippen LogP contribution in [0.2, 0.25) is 5.04 Å². The highest BCUT2D eigenvalue weighted by atomic mass is 28.4. The Hall–Kier alpha value is -1.72.